The van der Waals surface area contributed by atoms with Crippen molar-refractivity contribution in [3.63, 3.8) is 0 Å². The number of hydrogen-bond acceptors (Lipinski definition) is 8. The number of hydrogen-bond donors (Lipinski definition) is 3. The molecule has 2 atom stereocenters. The van der Waals surface area contributed by atoms with Crippen LogP contribution in [0.15, 0.2) is 36.8 Å². The van der Waals surface area contributed by atoms with Crippen LogP contribution in [-0.2, 0) is 11.8 Å². The van der Waals surface area contributed by atoms with E-state index in [1.165, 1.54) is 0 Å². The third-order valence-corrected chi connectivity index (χ3v) is 7.19. The molecule has 11 heteroatoms. The van der Waals surface area contributed by atoms with Crippen LogP contribution in [0.5, 0.6) is 5.88 Å². The minimum atomic E-state index is -0.231. The summed E-state index contributed by atoms with van der Waals surface area (Å²) in [5, 5.41) is 11.6. The summed E-state index contributed by atoms with van der Waals surface area (Å²) in [6.07, 6.45) is 5.53. The summed E-state index contributed by atoms with van der Waals surface area (Å²) in [4.78, 5) is 30.5. The maximum absolute atomic E-state index is 13.3. The van der Waals surface area contributed by atoms with Crippen molar-refractivity contribution in [2.45, 2.75) is 32.9 Å². The summed E-state index contributed by atoms with van der Waals surface area (Å²) in [6.45, 7) is 8.92. The van der Waals surface area contributed by atoms with E-state index in [4.69, 9.17) is 9.72 Å². The molecule has 1 fully saturated rings. The zero-order chi connectivity index (χ0) is 27.0. The molecule has 1 aromatic carbocycles. The lowest BCUT2D eigenvalue weighted by atomic mass is 10.1. The van der Waals surface area contributed by atoms with Crippen LogP contribution >= 0.6 is 0 Å². The fourth-order valence-electron chi connectivity index (χ4n) is 5.17. The van der Waals surface area contributed by atoms with Crippen LogP contribution in [-0.4, -0.2) is 86.3 Å². The number of para-hydroxylation sites is 1. The molecule has 0 spiro atoms. The second-order valence-corrected chi connectivity index (χ2v) is 10.0. The molecule has 4 heterocycles. The SMILES string of the molecule is COc1nn(C)cc1Nc1ncc(C)c(-c2c[nH]c3c(NC(=O)[C@@H](C)N4CCN(C)C[C@@H]4C)cccc23)n1. The van der Waals surface area contributed by atoms with Crippen LogP contribution in [0.4, 0.5) is 17.3 Å². The maximum Gasteiger partial charge on any atom is 0.256 e. The first-order valence-electron chi connectivity index (χ1n) is 12.8. The van der Waals surface area contributed by atoms with E-state index in [0.717, 1.165) is 53.0 Å². The lowest BCUT2D eigenvalue weighted by Crippen LogP contribution is -2.56. The molecule has 0 saturated carbocycles. The molecule has 1 amide bonds. The van der Waals surface area contributed by atoms with Crippen molar-refractivity contribution in [3.8, 4) is 17.1 Å². The first-order chi connectivity index (χ1) is 18.2. The highest BCUT2D eigenvalue weighted by molar-refractivity contribution is 6.06. The van der Waals surface area contributed by atoms with Crippen LogP contribution in [0.25, 0.3) is 22.2 Å². The summed E-state index contributed by atoms with van der Waals surface area (Å²) in [6, 6.07) is 5.99. The Hall–Kier alpha value is -3.96. The van der Waals surface area contributed by atoms with Crippen LogP contribution < -0.4 is 15.4 Å². The van der Waals surface area contributed by atoms with Crippen LogP contribution in [0.1, 0.15) is 19.4 Å². The number of carbonyl (C=O) groups is 1. The average molecular weight is 518 g/mol. The van der Waals surface area contributed by atoms with Gasteiger partial charge in [-0.1, -0.05) is 12.1 Å². The Balaban J connectivity index is 1.41. The van der Waals surface area contributed by atoms with Crippen LogP contribution in [0.2, 0.25) is 0 Å². The Morgan fingerprint density at radius 1 is 1.24 bits per heavy atom. The van der Waals surface area contributed by atoms with Gasteiger partial charge in [-0.2, -0.15) is 0 Å². The van der Waals surface area contributed by atoms with Crippen molar-refractivity contribution in [1.29, 1.82) is 0 Å². The number of likely N-dealkylation sites (N-methyl/N-ethyl adjacent to an activating group) is 1. The molecule has 0 unspecified atom stereocenters. The molecule has 11 nitrogen and oxygen atoms in total. The van der Waals surface area contributed by atoms with Gasteiger partial charge in [0.1, 0.15) is 5.69 Å². The van der Waals surface area contributed by atoms with Gasteiger partial charge >= 0.3 is 0 Å². The topological polar surface area (TPSA) is 116 Å². The summed E-state index contributed by atoms with van der Waals surface area (Å²) < 4.78 is 7.00. The number of H-pyrrole nitrogens is 1. The Labute approximate surface area is 222 Å². The number of nitrogens with one attached hydrogen (secondary N) is 3. The van der Waals surface area contributed by atoms with E-state index < -0.39 is 0 Å². The van der Waals surface area contributed by atoms with Gasteiger partial charge in [0.15, 0.2) is 0 Å². The number of carbonyl (C=O) groups excluding carboxylic acids is 1. The molecule has 38 heavy (non-hydrogen) atoms. The van der Waals surface area contributed by atoms with Crippen molar-refractivity contribution in [3.05, 3.63) is 42.4 Å². The number of aryl methyl sites for hydroxylation is 2. The van der Waals surface area contributed by atoms with Gasteiger partial charge in [0.05, 0.1) is 36.2 Å². The van der Waals surface area contributed by atoms with Gasteiger partial charge in [0.25, 0.3) is 5.88 Å². The number of rotatable bonds is 7. The Bertz CT molecular complexity index is 1460. The van der Waals surface area contributed by atoms with Crippen molar-refractivity contribution >= 4 is 34.1 Å². The monoisotopic (exact) mass is 517 g/mol. The van der Waals surface area contributed by atoms with Crippen molar-refractivity contribution in [2.24, 2.45) is 7.05 Å². The minimum absolute atomic E-state index is 0.0137. The van der Waals surface area contributed by atoms with Gasteiger partial charge in [-0.3, -0.25) is 14.4 Å². The van der Waals surface area contributed by atoms with Crippen LogP contribution in [0, 0.1) is 6.92 Å². The zero-order valence-corrected chi connectivity index (χ0v) is 22.7. The van der Waals surface area contributed by atoms with Crippen molar-refractivity contribution < 1.29 is 9.53 Å². The second kappa shape index (κ2) is 10.4. The zero-order valence-electron chi connectivity index (χ0n) is 22.7. The fourth-order valence-corrected chi connectivity index (χ4v) is 5.17. The van der Waals surface area contributed by atoms with Gasteiger partial charge in [-0.25, -0.2) is 9.97 Å². The number of aromatic amines is 1. The molecule has 0 aliphatic carbocycles. The molecule has 200 valence electrons. The number of amides is 1. The molecule has 1 aliphatic heterocycles. The lowest BCUT2D eigenvalue weighted by Gasteiger charge is -2.41. The Kier molecular flexibility index (Phi) is 7.04. The van der Waals surface area contributed by atoms with E-state index in [9.17, 15) is 4.79 Å². The quantitative estimate of drug-likeness (QED) is 0.342. The van der Waals surface area contributed by atoms with Gasteiger partial charge in [-0.05, 0) is 39.4 Å². The number of piperazine rings is 1. The molecule has 5 rings (SSSR count). The standard InChI is InChI=1S/C27H35N9O2/c1-16-12-29-27(31-22-15-35(5)33-26(22)38-6)32-23(16)20-13-28-24-19(20)8-7-9-21(24)30-25(37)18(3)36-11-10-34(4)14-17(36)2/h7-9,12-13,15,17-18,28H,10-11,14H2,1-6H3,(H,30,37)(H,29,31,32)/t17-,18+/m0/s1. The molecule has 4 aromatic rings. The van der Waals surface area contributed by atoms with E-state index in [2.05, 4.69) is 49.5 Å². The highest BCUT2D eigenvalue weighted by Gasteiger charge is 2.30. The maximum atomic E-state index is 13.3. The number of ether oxygens (including phenoxy) is 1. The second-order valence-electron chi connectivity index (χ2n) is 10.0. The molecule has 3 N–H and O–H groups in total. The normalized spacial score (nSPS) is 17.5. The molecule has 0 radical (unpaired) electrons. The fraction of sp³-hybridized carbons (Fsp3) is 0.407. The van der Waals surface area contributed by atoms with Gasteiger partial charge < -0.3 is 25.3 Å². The van der Waals surface area contributed by atoms with E-state index in [1.54, 1.807) is 18.0 Å². The number of methoxy groups -OCH3 is 1. The van der Waals surface area contributed by atoms with Crippen molar-refractivity contribution in [2.75, 3.05) is 44.4 Å². The minimum Gasteiger partial charge on any atom is -0.478 e. The van der Waals surface area contributed by atoms with E-state index in [-0.39, 0.29) is 11.9 Å². The molecule has 1 aliphatic rings. The average Bonchev–Trinajstić information content (AvgIpc) is 3.48. The molecule has 3 aromatic heterocycles. The summed E-state index contributed by atoms with van der Waals surface area (Å²) in [7, 11) is 5.52. The molecule has 0 bridgehead atoms. The highest BCUT2D eigenvalue weighted by atomic mass is 16.5. The van der Waals surface area contributed by atoms with Gasteiger partial charge in [-0.15, -0.1) is 5.10 Å². The first kappa shape index (κ1) is 25.7. The first-order valence-corrected chi connectivity index (χ1v) is 12.8. The van der Waals surface area contributed by atoms with Crippen molar-refractivity contribution in [1.82, 2.24) is 34.5 Å². The smallest absolute Gasteiger partial charge is 0.256 e. The summed E-state index contributed by atoms with van der Waals surface area (Å²) in [5.41, 5.74) is 4.94. The summed E-state index contributed by atoms with van der Waals surface area (Å²) in [5.74, 6) is 0.886. The number of nitrogens with zero attached hydrogens (tertiary/aromatic N) is 6. The van der Waals surface area contributed by atoms with E-state index in [1.807, 2.05) is 51.5 Å². The predicted octanol–water partition coefficient (Wildman–Crippen LogP) is 3.38. The highest BCUT2D eigenvalue weighted by Crippen LogP contribution is 2.34. The largest absolute Gasteiger partial charge is 0.478 e. The van der Waals surface area contributed by atoms with E-state index >= 15 is 0 Å². The number of fused-ring (bicyclic) bond motifs is 1. The lowest BCUT2D eigenvalue weighted by molar-refractivity contribution is -0.122. The Morgan fingerprint density at radius 2 is 2.05 bits per heavy atom. The van der Waals surface area contributed by atoms with E-state index in [0.29, 0.717) is 23.6 Å². The van der Waals surface area contributed by atoms with Gasteiger partial charge in [0.2, 0.25) is 11.9 Å². The number of aromatic nitrogens is 5. The Morgan fingerprint density at radius 3 is 2.82 bits per heavy atom. The molecule has 1 saturated heterocycles. The van der Waals surface area contributed by atoms with Crippen LogP contribution in [0.3, 0.4) is 0 Å². The predicted molar refractivity (Wildman–Crippen MR) is 149 cm³/mol. The third-order valence-electron chi connectivity index (χ3n) is 7.19. The molecular formula is C27H35N9O2. The number of benzene rings is 1. The van der Waals surface area contributed by atoms with Gasteiger partial charge in [0, 0.05) is 56.1 Å². The third kappa shape index (κ3) is 4.94. The number of anilines is 3. The summed E-state index contributed by atoms with van der Waals surface area (Å²) >= 11 is 0. The molecular weight excluding hydrogens is 482 g/mol.